The fraction of sp³-hybridized carbons (Fsp3) is 0.636. The number of nitrogens with one attached hydrogen (secondary N) is 1. The smallest absolute Gasteiger partial charge is 0.328 e. The summed E-state index contributed by atoms with van der Waals surface area (Å²) in [6.07, 6.45) is 4.28. The molecular weight excluding hydrogens is 220 g/mol. The molecule has 1 aliphatic rings. The molecule has 1 fully saturated rings. The van der Waals surface area contributed by atoms with Crippen molar-refractivity contribution in [2.45, 2.75) is 13.0 Å². The molecule has 6 nitrogen and oxygen atoms in total. The molecule has 1 aromatic heterocycles. The van der Waals surface area contributed by atoms with Crippen LogP contribution in [-0.4, -0.2) is 46.1 Å². The zero-order valence-corrected chi connectivity index (χ0v) is 10.1. The standard InChI is InChI=1S/C11H18N4O2/c1-13-7-8-15(11(13)17)9-10(16)14-5-2-3-12-4-6-14/h7-8,12H,2-6,9H2,1H3. The van der Waals surface area contributed by atoms with E-state index in [4.69, 9.17) is 0 Å². The molecular formula is C11H18N4O2. The van der Waals surface area contributed by atoms with Gasteiger partial charge in [0.15, 0.2) is 0 Å². The van der Waals surface area contributed by atoms with Crippen LogP contribution in [0.5, 0.6) is 0 Å². The minimum atomic E-state index is -0.147. The quantitative estimate of drug-likeness (QED) is 0.719. The minimum Gasteiger partial charge on any atom is -0.340 e. The molecule has 2 heterocycles. The number of hydrogen-bond donors (Lipinski definition) is 1. The zero-order valence-electron chi connectivity index (χ0n) is 10.1. The maximum Gasteiger partial charge on any atom is 0.328 e. The summed E-state index contributed by atoms with van der Waals surface area (Å²) in [5, 5.41) is 3.24. The Morgan fingerprint density at radius 2 is 2.18 bits per heavy atom. The average molecular weight is 238 g/mol. The van der Waals surface area contributed by atoms with Gasteiger partial charge in [-0.1, -0.05) is 0 Å². The third-order valence-electron chi connectivity index (χ3n) is 3.02. The molecule has 1 saturated heterocycles. The molecule has 17 heavy (non-hydrogen) atoms. The van der Waals surface area contributed by atoms with Crippen LogP contribution >= 0.6 is 0 Å². The van der Waals surface area contributed by atoms with Crippen molar-refractivity contribution in [3.63, 3.8) is 0 Å². The van der Waals surface area contributed by atoms with Gasteiger partial charge in [0.25, 0.3) is 0 Å². The Balaban J connectivity index is 2.00. The largest absolute Gasteiger partial charge is 0.340 e. The van der Waals surface area contributed by atoms with Gasteiger partial charge in [-0.05, 0) is 13.0 Å². The molecule has 1 N–H and O–H groups in total. The number of hydrogen-bond acceptors (Lipinski definition) is 3. The maximum absolute atomic E-state index is 12.0. The topological polar surface area (TPSA) is 59.3 Å². The number of imidazole rings is 1. The number of amides is 1. The third kappa shape index (κ3) is 2.76. The lowest BCUT2D eigenvalue weighted by Gasteiger charge is -2.19. The van der Waals surface area contributed by atoms with E-state index >= 15 is 0 Å². The maximum atomic E-state index is 12.0. The van der Waals surface area contributed by atoms with Gasteiger partial charge in [0, 0.05) is 39.1 Å². The van der Waals surface area contributed by atoms with Gasteiger partial charge < -0.3 is 14.8 Å². The van der Waals surface area contributed by atoms with Crippen LogP contribution in [0.4, 0.5) is 0 Å². The minimum absolute atomic E-state index is 0.0157. The van der Waals surface area contributed by atoms with Gasteiger partial charge in [-0.25, -0.2) is 4.79 Å². The summed E-state index contributed by atoms with van der Waals surface area (Å²) in [6, 6.07) is 0. The highest BCUT2D eigenvalue weighted by Crippen LogP contribution is 1.98. The summed E-state index contributed by atoms with van der Waals surface area (Å²) in [7, 11) is 1.68. The van der Waals surface area contributed by atoms with Gasteiger partial charge in [0.05, 0.1) is 0 Å². The predicted molar refractivity (Wildman–Crippen MR) is 63.7 cm³/mol. The second-order valence-electron chi connectivity index (χ2n) is 4.30. The second kappa shape index (κ2) is 5.18. The first-order valence-electron chi connectivity index (χ1n) is 5.89. The van der Waals surface area contributed by atoms with Crippen LogP contribution in [0.25, 0.3) is 0 Å². The summed E-state index contributed by atoms with van der Waals surface area (Å²) >= 11 is 0. The van der Waals surface area contributed by atoms with E-state index in [0.29, 0.717) is 0 Å². The van der Waals surface area contributed by atoms with Crippen LogP contribution in [0.1, 0.15) is 6.42 Å². The molecule has 1 amide bonds. The van der Waals surface area contributed by atoms with Gasteiger partial charge in [-0.15, -0.1) is 0 Å². The SMILES string of the molecule is Cn1ccn(CC(=O)N2CCCNCC2)c1=O. The van der Waals surface area contributed by atoms with E-state index in [0.717, 1.165) is 32.6 Å². The van der Waals surface area contributed by atoms with Gasteiger partial charge in [0.1, 0.15) is 6.54 Å². The molecule has 0 aromatic carbocycles. The average Bonchev–Trinajstić information content (AvgIpc) is 2.59. The Morgan fingerprint density at radius 3 is 2.88 bits per heavy atom. The molecule has 0 bridgehead atoms. The van der Waals surface area contributed by atoms with E-state index in [2.05, 4.69) is 5.32 Å². The van der Waals surface area contributed by atoms with E-state index < -0.39 is 0 Å². The van der Waals surface area contributed by atoms with Gasteiger partial charge in [0.2, 0.25) is 5.91 Å². The molecule has 0 unspecified atom stereocenters. The molecule has 6 heteroatoms. The highest BCUT2D eigenvalue weighted by atomic mass is 16.2. The van der Waals surface area contributed by atoms with Gasteiger partial charge >= 0.3 is 5.69 Å². The molecule has 1 aromatic rings. The predicted octanol–water partition coefficient (Wildman–Crippen LogP) is -0.991. The van der Waals surface area contributed by atoms with Gasteiger partial charge in [-0.3, -0.25) is 9.36 Å². The van der Waals surface area contributed by atoms with E-state index in [-0.39, 0.29) is 18.1 Å². The lowest BCUT2D eigenvalue weighted by Crippen LogP contribution is -2.38. The lowest BCUT2D eigenvalue weighted by atomic mass is 10.4. The van der Waals surface area contributed by atoms with Crippen LogP contribution < -0.4 is 11.0 Å². The number of aromatic nitrogens is 2. The van der Waals surface area contributed by atoms with Crippen LogP contribution in [0.15, 0.2) is 17.2 Å². The molecule has 2 rings (SSSR count). The summed E-state index contributed by atoms with van der Waals surface area (Å²) < 4.78 is 2.91. The summed E-state index contributed by atoms with van der Waals surface area (Å²) in [5.41, 5.74) is -0.147. The Morgan fingerprint density at radius 1 is 1.35 bits per heavy atom. The van der Waals surface area contributed by atoms with Crippen LogP contribution in [0.2, 0.25) is 0 Å². The third-order valence-corrected chi connectivity index (χ3v) is 3.02. The number of carbonyl (C=O) groups is 1. The Labute approximate surface area is 99.8 Å². The molecule has 0 saturated carbocycles. The normalized spacial score (nSPS) is 16.9. The molecule has 1 aliphatic heterocycles. The molecule has 0 aliphatic carbocycles. The monoisotopic (exact) mass is 238 g/mol. The Kier molecular flexibility index (Phi) is 3.63. The highest BCUT2D eigenvalue weighted by molar-refractivity contribution is 5.76. The van der Waals surface area contributed by atoms with Crippen molar-refractivity contribution in [1.29, 1.82) is 0 Å². The fourth-order valence-corrected chi connectivity index (χ4v) is 1.97. The van der Waals surface area contributed by atoms with Crippen LogP contribution in [0, 0.1) is 0 Å². The van der Waals surface area contributed by atoms with Crippen molar-refractivity contribution in [2.24, 2.45) is 7.05 Å². The Bertz CT molecular complexity index is 441. The van der Waals surface area contributed by atoms with Crippen molar-refractivity contribution in [1.82, 2.24) is 19.4 Å². The first-order valence-corrected chi connectivity index (χ1v) is 5.89. The number of nitrogens with zero attached hydrogens (tertiary/aromatic N) is 3. The van der Waals surface area contributed by atoms with Crippen molar-refractivity contribution in [3.05, 3.63) is 22.9 Å². The number of rotatable bonds is 2. The molecule has 94 valence electrons. The molecule has 0 spiro atoms. The fourth-order valence-electron chi connectivity index (χ4n) is 1.97. The van der Waals surface area contributed by atoms with Crippen LogP contribution in [-0.2, 0) is 18.4 Å². The van der Waals surface area contributed by atoms with E-state index in [1.54, 1.807) is 19.4 Å². The lowest BCUT2D eigenvalue weighted by molar-refractivity contribution is -0.131. The zero-order chi connectivity index (χ0) is 12.3. The van der Waals surface area contributed by atoms with Crippen molar-refractivity contribution in [3.8, 4) is 0 Å². The summed E-state index contributed by atoms with van der Waals surface area (Å²) in [4.78, 5) is 25.4. The number of carbonyl (C=O) groups excluding carboxylic acids is 1. The summed E-state index contributed by atoms with van der Waals surface area (Å²) in [6.45, 7) is 3.41. The van der Waals surface area contributed by atoms with E-state index in [1.165, 1.54) is 9.13 Å². The summed E-state index contributed by atoms with van der Waals surface area (Å²) in [5.74, 6) is 0.0157. The van der Waals surface area contributed by atoms with Gasteiger partial charge in [-0.2, -0.15) is 0 Å². The van der Waals surface area contributed by atoms with Crippen molar-refractivity contribution >= 4 is 5.91 Å². The first-order chi connectivity index (χ1) is 8.18. The van der Waals surface area contributed by atoms with E-state index in [9.17, 15) is 9.59 Å². The molecule has 0 atom stereocenters. The first kappa shape index (κ1) is 11.9. The van der Waals surface area contributed by atoms with Crippen LogP contribution in [0.3, 0.4) is 0 Å². The molecule has 0 radical (unpaired) electrons. The van der Waals surface area contributed by atoms with E-state index in [1.807, 2.05) is 4.90 Å². The van der Waals surface area contributed by atoms with Crippen molar-refractivity contribution < 1.29 is 4.79 Å². The Hall–Kier alpha value is -1.56. The van der Waals surface area contributed by atoms with Crippen molar-refractivity contribution in [2.75, 3.05) is 26.2 Å². The number of aryl methyl sites for hydroxylation is 1. The highest BCUT2D eigenvalue weighted by Gasteiger charge is 2.16. The second-order valence-corrected chi connectivity index (χ2v) is 4.30.